The average Bonchev–Trinajstić information content (AvgIpc) is 3.48. The van der Waals surface area contributed by atoms with Crippen LogP contribution in [-0.2, 0) is 14.3 Å². The highest BCUT2D eigenvalue weighted by molar-refractivity contribution is 7.18. The van der Waals surface area contributed by atoms with Crippen LogP contribution in [0.15, 0.2) is 42.5 Å². The minimum Gasteiger partial charge on any atom is -0.497 e. The number of ether oxygens (including phenoxy) is 3. The zero-order chi connectivity index (χ0) is 27.4. The number of hydrogen-bond donors (Lipinski definition) is 2. The SMILES string of the molecule is CCOC(=O)c1sc(NC(=O)C(C)OC(=O)c2ccc3nc(-c4ccc(OC)cc4)[nH]c3c2)c(C#N)c1C. The number of anilines is 1. The molecule has 38 heavy (non-hydrogen) atoms. The summed E-state index contributed by atoms with van der Waals surface area (Å²) >= 11 is 0.936. The summed E-state index contributed by atoms with van der Waals surface area (Å²) in [5.74, 6) is -0.565. The number of imidazole rings is 1. The smallest absolute Gasteiger partial charge is 0.348 e. The first kappa shape index (κ1) is 26.4. The fraction of sp³-hybridized carbons (Fsp3) is 0.222. The van der Waals surface area contributed by atoms with Crippen LogP contribution in [0.3, 0.4) is 0 Å². The number of methoxy groups -OCH3 is 1. The van der Waals surface area contributed by atoms with Gasteiger partial charge in [0.15, 0.2) is 6.10 Å². The number of aromatic nitrogens is 2. The number of nitriles is 1. The van der Waals surface area contributed by atoms with Crippen molar-refractivity contribution in [2.45, 2.75) is 26.9 Å². The molecule has 0 saturated carbocycles. The van der Waals surface area contributed by atoms with E-state index in [1.165, 1.54) is 6.92 Å². The van der Waals surface area contributed by atoms with Crippen molar-refractivity contribution >= 4 is 45.2 Å². The monoisotopic (exact) mass is 532 g/mol. The van der Waals surface area contributed by atoms with Gasteiger partial charge >= 0.3 is 11.9 Å². The van der Waals surface area contributed by atoms with Gasteiger partial charge in [-0.1, -0.05) is 0 Å². The summed E-state index contributed by atoms with van der Waals surface area (Å²) in [5, 5.41) is 12.3. The van der Waals surface area contributed by atoms with Gasteiger partial charge in [0, 0.05) is 5.56 Å². The summed E-state index contributed by atoms with van der Waals surface area (Å²) in [5.41, 5.74) is 2.94. The molecule has 4 aromatic rings. The maximum Gasteiger partial charge on any atom is 0.348 e. The van der Waals surface area contributed by atoms with Crippen LogP contribution in [-0.4, -0.2) is 47.6 Å². The van der Waals surface area contributed by atoms with Gasteiger partial charge in [-0.2, -0.15) is 5.26 Å². The number of benzene rings is 2. The van der Waals surface area contributed by atoms with Gasteiger partial charge in [-0.25, -0.2) is 14.6 Å². The highest BCUT2D eigenvalue weighted by Crippen LogP contribution is 2.33. The van der Waals surface area contributed by atoms with Crippen LogP contribution >= 0.6 is 11.3 Å². The van der Waals surface area contributed by atoms with Crippen LogP contribution in [0.4, 0.5) is 5.00 Å². The minimum atomic E-state index is -1.17. The number of nitrogens with one attached hydrogen (secondary N) is 2. The van der Waals surface area contributed by atoms with Crippen LogP contribution in [0, 0.1) is 18.3 Å². The second-order valence-electron chi connectivity index (χ2n) is 8.18. The second-order valence-corrected chi connectivity index (χ2v) is 9.20. The van der Waals surface area contributed by atoms with Crippen LogP contribution in [0.1, 0.15) is 45.0 Å². The number of nitrogens with zero attached hydrogens (tertiary/aromatic N) is 2. The number of thiophene rings is 1. The average molecular weight is 533 g/mol. The number of rotatable bonds is 8. The molecular formula is C27H24N4O6S. The van der Waals surface area contributed by atoms with E-state index in [9.17, 15) is 19.6 Å². The number of fused-ring (bicyclic) bond motifs is 1. The Kier molecular flexibility index (Phi) is 7.74. The molecule has 0 aliphatic carbocycles. The van der Waals surface area contributed by atoms with Crippen molar-refractivity contribution in [2.75, 3.05) is 19.0 Å². The number of hydrogen-bond acceptors (Lipinski definition) is 9. The van der Waals surface area contributed by atoms with E-state index >= 15 is 0 Å². The molecule has 0 aliphatic rings. The van der Waals surface area contributed by atoms with Crippen LogP contribution in [0.5, 0.6) is 5.75 Å². The van der Waals surface area contributed by atoms with Crippen molar-refractivity contribution in [2.24, 2.45) is 0 Å². The van der Waals surface area contributed by atoms with E-state index < -0.39 is 23.9 Å². The van der Waals surface area contributed by atoms with E-state index in [4.69, 9.17) is 14.2 Å². The van der Waals surface area contributed by atoms with E-state index in [0.29, 0.717) is 22.4 Å². The molecule has 0 bridgehead atoms. The van der Waals surface area contributed by atoms with Gasteiger partial charge in [-0.05, 0) is 68.8 Å². The molecule has 194 valence electrons. The molecule has 0 aliphatic heterocycles. The molecular weight excluding hydrogens is 508 g/mol. The molecule has 1 unspecified atom stereocenters. The third kappa shape index (κ3) is 5.35. The lowest BCUT2D eigenvalue weighted by Gasteiger charge is -2.13. The maximum atomic E-state index is 12.8. The lowest BCUT2D eigenvalue weighted by atomic mass is 10.1. The molecule has 10 nitrogen and oxygen atoms in total. The zero-order valence-corrected chi connectivity index (χ0v) is 21.9. The molecule has 1 amide bonds. The van der Waals surface area contributed by atoms with E-state index in [0.717, 1.165) is 22.6 Å². The van der Waals surface area contributed by atoms with E-state index in [1.54, 1.807) is 39.2 Å². The summed E-state index contributed by atoms with van der Waals surface area (Å²) in [4.78, 5) is 45.7. The predicted octanol–water partition coefficient (Wildman–Crippen LogP) is 4.84. The van der Waals surface area contributed by atoms with Gasteiger partial charge in [0.2, 0.25) is 0 Å². The number of H-pyrrole nitrogens is 1. The quantitative estimate of drug-likeness (QED) is 0.307. The highest BCUT2D eigenvalue weighted by Gasteiger charge is 2.25. The van der Waals surface area contributed by atoms with E-state index in [2.05, 4.69) is 15.3 Å². The van der Waals surface area contributed by atoms with Gasteiger partial charge in [-0.3, -0.25) is 4.79 Å². The Balaban J connectivity index is 1.46. The Morgan fingerprint density at radius 1 is 1.16 bits per heavy atom. The lowest BCUT2D eigenvalue weighted by molar-refractivity contribution is -0.123. The van der Waals surface area contributed by atoms with Crippen molar-refractivity contribution in [3.05, 3.63) is 64.0 Å². The summed E-state index contributed by atoms with van der Waals surface area (Å²) < 4.78 is 15.6. The first-order valence-corrected chi connectivity index (χ1v) is 12.4. The number of aromatic amines is 1. The fourth-order valence-corrected chi connectivity index (χ4v) is 4.70. The second kappa shape index (κ2) is 11.1. The topological polar surface area (TPSA) is 143 Å². The van der Waals surface area contributed by atoms with Crippen molar-refractivity contribution in [1.82, 2.24) is 9.97 Å². The molecule has 4 rings (SSSR count). The fourth-order valence-electron chi connectivity index (χ4n) is 3.65. The van der Waals surface area contributed by atoms with Crippen LogP contribution in [0.25, 0.3) is 22.4 Å². The third-order valence-electron chi connectivity index (χ3n) is 5.69. The normalized spacial score (nSPS) is 11.4. The first-order chi connectivity index (χ1) is 18.2. The van der Waals surface area contributed by atoms with Crippen molar-refractivity contribution in [3.8, 4) is 23.2 Å². The van der Waals surface area contributed by atoms with Crippen LogP contribution < -0.4 is 10.1 Å². The van der Waals surface area contributed by atoms with Crippen molar-refractivity contribution < 1.29 is 28.6 Å². The van der Waals surface area contributed by atoms with Gasteiger partial charge in [0.05, 0.1) is 35.9 Å². The molecule has 2 aromatic carbocycles. The Morgan fingerprint density at radius 2 is 1.89 bits per heavy atom. The van der Waals surface area contributed by atoms with Crippen molar-refractivity contribution in [1.29, 1.82) is 5.26 Å². The molecule has 1 atom stereocenters. The summed E-state index contributed by atoms with van der Waals surface area (Å²) in [6.07, 6.45) is -1.17. The highest BCUT2D eigenvalue weighted by atomic mass is 32.1. The molecule has 0 saturated heterocycles. The minimum absolute atomic E-state index is 0.155. The van der Waals surface area contributed by atoms with Gasteiger partial charge in [0.25, 0.3) is 5.91 Å². The van der Waals surface area contributed by atoms with Crippen LogP contribution in [0.2, 0.25) is 0 Å². The van der Waals surface area contributed by atoms with E-state index in [1.807, 2.05) is 30.3 Å². The number of esters is 2. The van der Waals surface area contributed by atoms with Gasteiger partial charge in [0.1, 0.15) is 27.5 Å². The predicted molar refractivity (Wildman–Crippen MR) is 141 cm³/mol. The molecule has 2 heterocycles. The maximum absolute atomic E-state index is 12.8. The Labute approximate surface area is 222 Å². The molecule has 0 fully saturated rings. The molecule has 2 N–H and O–H groups in total. The van der Waals surface area contributed by atoms with Crippen molar-refractivity contribution in [3.63, 3.8) is 0 Å². The Bertz CT molecular complexity index is 1560. The number of carbonyl (C=O) groups is 3. The first-order valence-electron chi connectivity index (χ1n) is 11.6. The molecule has 11 heteroatoms. The lowest BCUT2D eigenvalue weighted by Crippen LogP contribution is -2.30. The third-order valence-corrected chi connectivity index (χ3v) is 6.88. The Morgan fingerprint density at radius 3 is 2.55 bits per heavy atom. The number of amides is 1. The molecule has 0 radical (unpaired) electrons. The van der Waals surface area contributed by atoms with Gasteiger partial charge < -0.3 is 24.5 Å². The summed E-state index contributed by atoms with van der Waals surface area (Å²) in [7, 11) is 1.59. The molecule has 0 spiro atoms. The van der Waals surface area contributed by atoms with Gasteiger partial charge in [-0.15, -0.1) is 11.3 Å². The Hall–Kier alpha value is -4.69. The summed E-state index contributed by atoms with van der Waals surface area (Å²) in [6.45, 7) is 4.88. The number of carbonyl (C=O) groups excluding carboxylic acids is 3. The van der Waals surface area contributed by atoms with E-state index in [-0.39, 0.29) is 27.6 Å². The summed E-state index contributed by atoms with van der Waals surface area (Å²) in [6, 6.07) is 14.2. The largest absolute Gasteiger partial charge is 0.497 e. The standard InChI is InChI=1S/C27H24N4O6S/c1-5-36-27(34)22-14(2)19(13-28)25(38-22)31-24(32)15(3)37-26(33)17-8-11-20-21(12-17)30-23(29-20)16-6-9-18(35-4)10-7-16/h6-12,15H,5H2,1-4H3,(H,29,30)(H,31,32). The zero-order valence-electron chi connectivity index (χ0n) is 21.1. The molecule has 2 aromatic heterocycles.